The van der Waals surface area contributed by atoms with E-state index in [2.05, 4.69) is 10.3 Å². The largest absolute Gasteiger partial charge is 0.389 e. The van der Waals surface area contributed by atoms with E-state index in [9.17, 15) is 29.7 Å². The van der Waals surface area contributed by atoms with Crippen molar-refractivity contribution in [2.24, 2.45) is 29.1 Å². The number of ketones is 2. The van der Waals surface area contributed by atoms with Crippen molar-refractivity contribution in [1.82, 2.24) is 10.3 Å². The Morgan fingerprint density at radius 2 is 1.80 bits per heavy atom. The van der Waals surface area contributed by atoms with Crippen molar-refractivity contribution in [3.8, 4) is 0 Å². The van der Waals surface area contributed by atoms with Gasteiger partial charge < -0.3 is 25.6 Å². The normalized spacial score (nSPS) is 41.5. The lowest BCUT2D eigenvalue weighted by Gasteiger charge is -2.54. The molecule has 1 aromatic heterocycles. The highest BCUT2D eigenvalue weighted by Gasteiger charge is 2.71. The summed E-state index contributed by atoms with van der Waals surface area (Å²) in [6, 6.07) is 7.30. The van der Waals surface area contributed by atoms with Crippen LogP contribution in [0.25, 0.3) is 10.9 Å². The SMILES string of the molecule is C/C1=C/[C@@H](C)C/C=C\[C@H]2[C@H](O)[C@](C)(O)[C@@H](C)[C@H]3[C@H](Cc4c[nH]c5ccccc45)NC(=O)[C@@]32C(=O)/C=C\C(=O)[C@@H]1O. The van der Waals surface area contributed by atoms with E-state index < -0.39 is 64.5 Å². The van der Waals surface area contributed by atoms with Gasteiger partial charge >= 0.3 is 0 Å². The molecule has 5 N–H and O–H groups in total. The first-order valence-electron chi connectivity index (χ1n) is 14.0. The Labute approximate surface area is 233 Å². The van der Waals surface area contributed by atoms with Gasteiger partial charge in [-0.1, -0.05) is 50.3 Å². The number of amides is 1. The van der Waals surface area contributed by atoms with Crippen LogP contribution in [0.15, 0.2) is 66.4 Å². The van der Waals surface area contributed by atoms with Crippen LogP contribution in [-0.2, 0) is 20.8 Å². The lowest BCUT2D eigenvalue weighted by molar-refractivity contribution is -0.197. The Morgan fingerprint density at radius 1 is 1.07 bits per heavy atom. The minimum atomic E-state index is -1.75. The minimum absolute atomic E-state index is 0.0573. The summed E-state index contributed by atoms with van der Waals surface area (Å²) in [6.07, 6.45) is 7.38. The van der Waals surface area contributed by atoms with Crippen molar-refractivity contribution < 1.29 is 29.7 Å². The van der Waals surface area contributed by atoms with Gasteiger partial charge in [0.2, 0.25) is 5.91 Å². The van der Waals surface area contributed by atoms with Crippen LogP contribution in [0.4, 0.5) is 0 Å². The summed E-state index contributed by atoms with van der Waals surface area (Å²) >= 11 is 0. The number of aromatic nitrogens is 1. The van der Waals surface area contributed by atoms with Crippen molar-refractivity contribution in [1.29, 1.82) is 0 Å². The summed E-state index contributed by atoms with van der Waals surface area (Å²) in [5, 5.41) is 37.8. The summed E-state index contributed by atoms with van der Waals surface area (Å²) < 4.78 is 0. The molecule has 8 nitrogen and oxygen atoms in total. The molecule has 2 aromatic rings. The maximum absolute atomic E-state index is 14.2. The summed E-state index contributed by atoms with van der Waals surface area (Å²) in [4.78, 5) is 44.3. The van der Waals surface area contributed by atoms with Gasteiger partial charge in [0.1, 0.15) is 11.5 Å². The first-order chi connectivity index (χ1) is 18.9. The molecule has 1 aromatic carbocycles. The molecule has 1 saturated carbocycles. The molecule has 212 valence electrons. The van der Waals surface area contributed by atoms with Gasteiger partial charge in [-0.15, -0.1) is 0 Å². The fourth-order valence-corrected chi connectivity index (χ4v) is 7.28. The van der Waals surface area contributed by atoms with Gasteiger partial charge in [-0.25, -0.2) is 0 Å². The Morgan fingerprint density at radius 3 is 2.55 bits per heavy atom. The van der Waals surface area contributed by atoms with Gasteiger partial charge in [-0.3, -0.25) is 14.4 Å². The van der Waals surface area contributed by atoms with E-state index in [0.717, 1.165) is 28.6 Å². The van der Waals surface area contributed by atoms with Gasteiger partial charge in [0.05, 0.1) is 11.7 Å². The fourth-order valence-electron chi connectivity index (χ4n) is 7.28. The maximum atomic E-state index is 14.2. The van der Waals surface area contributed by atoms with Gasteiger partial charge in [0, 0.05) is 35.0 Å². The monoisotopic (exact) mass is 546 g/mol. The number of allylic oxidation sites excluding steroid dienone is 3. The highest BCUT2D eigenvalue weighted by molar-refractivity contribution is 6.15. The van der Waals surface area contributed by atoms with Crippen molar-refractivity contribution in [2.45, 2.75) is 64.4 Å². The molecule has 2 fully saturated rings. The number of H-pyrrole nitrogens is 1. The fraction of sp³-hybridized carbons (Fsp3) is 0.469. The van der Waals surface area contributed by atoms with Crippen LogP contribution in [0.3, 0.4) is 0 Å². The molecule has 40 heavy (non-hydrogen) atoms. The summed E-state index contributed by atoms with van der Waals surface area (Å²) in [5.74, 6) is -4.25. The standard InChI is InChI=1S/C32H38N2O6/c1-17-8-7-10-22-29(38)31(4,40)19(3)27-24(15-20-16-33-23-11-6-5-9-21(20)23)34-30(39)32(22,27)26(36)13-12-25(35)28(37)18(2)14-17/h5-7,9-14,16-17,19,22,24,27-29,33,37-38,40H,8,15H2,1-4H3,(H,34,39)/b10-7-,13-12-,18-14-/t17-,19-,22-,24-,27-,28+,29-,31+,32-/m0/s1. The van der Waals surface area contributed by atoms with Crippen LogP contribution in [0, 0.1) is 29.1 Å². The molecule has 2 heterocycles. The number of aliphatic hydroxyl groups is 3. The number of rotatable bonds is 2. The molecule has 0 radical (unpaired) electrons. The van der Waals surface area contributed by atoms with Crippen LogP contribution in [0.2, 0.25) is 0 Å². The molecular weight excluding hydrogens is 508 g/mol. The van der Waals surface area contributed by atoms with E-state index in [-0.39, 0.29) is 5.92 Å². The molecule has 3 aliphatic rings. The number of para-hydroxylation sites is 1. The second kappa shape index (κ2) is 10.3. The number of fused-ring (bicyclic) bond motifs is 1. The number of carbonyl (C=O) groups excluding carboxylic acids is 3. The highest BCUT2D eigenvalue weighted by Crippen LogP contribution is 2.58. The second-order valence-corrected chi connectivity index (χ2v) is 12.1. The summed E-state index contributed by atoms with van der Waals surface area (Å²) in [5.41, 5.74) is -0.961. The van der Waals surface area contributed by atoms with Crippen LogP contribution in [0.1, 0.15) is 39.7 Å². The predicted molar refractivity (Wildman–Crippen MR) is 151 cm³/mol. The third kappa shape index (κ3) is 4.29. The predicted octanol–water partition coefficient (Wildman–Crippen LogP) is 2.79. The number of aliphatic hydroxyl groups excluding tert-OH is 2. The molecule has 2 aliphatic carbocycles. The maximum Gasteiger partial charge on any atom is 0.235 e. The smallest absolute Gasteiger partial charge is 0.235 e. The lowest BCUT2D eigenvalue weighted by Crippen LogP contribution is -2.67. The minimum Gasteiger partial charge on any atom is -0.389 e. The van der Waals surface area contributed by atoms with Crippen molar-refractivity contribution in [2.75, 3.05) is 0 Å². The third-order valence-electron chi connectivity index (χ3n) is 9.60. The third-order valence-corrected chi connectivity index (χ3v) is 9.60. The van der Waals surface area contributed by atoms with Crippen molar-refractivity contribution >= 4 is 28.4 Å². The Balaban J connectivity index is 1.66. The van der Waals surface area contributed by atoms with E-state index in [1.807, 2.05) is 43.5 Å². The molecule has 8 heteroatoms. The quantitative estimate of drug-likeness (QED) is 0.290. The summed E-state index contributed by atoms with van der Waals surface area (Å²) in [7, 11) is 0. The lowest BCUT2D eigenvalue weighted by atomic mass is 9.49. The number of carbonyl (C=O) groups is 3. The van der Waals surface area contributed by atoms with Crippen molar-refractivity contribution in [3.05, 3.63) is 72.0 Å². The molecule has 1 spiro atoms. The van der Waals surface area contributed by atoms with E-state index in [1.54, 1.807) is 32.9 Å². The van der Waals surface area contributed by atoms with Crippen LogP contribution < -0.4 is 5.32 Å². The van der Waals surface area contributed by atoms with Crippen LogP contribution >= 0.6 is 0 Å². The van der Waals surface area contributed by atoms with Gasteiger partial charge in [-0.2, -0.15) is 0 Å². The average Bonchev–Trinajstić information content (AvgIpc) is 3.45. The van der Waals surface area contributed by atoms with Crippen molar-refractivity contribution in [3.63, 3.8) is 0 Å². The molecule has 9 atom stereocenters. The van der Waals surface area contributed by atoms with Crippen LogP contribution in [0.5, 0.6) is 0 Å². The van der Waals surface area contributed by atoms with Gasteiger partial charge in [0.25, 0.3) is 0 Å². The second-order valence-electron chi connectivity index (χ2n) is 12.1. The Hall–Kier alpha value is -3.33. The zero-order valence-electron chi connectivity index (χ0n) is 23.3. The molecule has 1 aliphatic heterocycles. The van der Waals surface area contributed by atoms with Crippen LogP contribution in [-0.4, -0.2) is 61.6 Å². The molecule has 5 rings (SSSR count). The number of aromatic amines is 1. The molecule has 0 unspecified atom stereocenters. The topological polar surface area (TPSA) is 140 Å². The zero-order valence-corrected chi connectivity index (χ0v) is 23.3. The van der Waals surface area contributed by atoms with E-state index >= 15 is 0 Å². The molecule has 0 bridgehead atoms. The Kier molecular flexibility index (Phi) is 7.23. The Bertz CT molecular complexity index is 1430. The molecule has 1 amide bonds. The number of hydrogen-bond acceptors (Lipinski definition) is 6. The first-order valence-corrected chi connectivity index (χ1v) is 14.0. The van der Waals surface area contributed by atoms with E-state index in [1.165, 1.54) is 0 Å². The average molecular weight is 547 g/mol. The van der Waals surface area contributed by atoms with Gasteiger partial charge in [-0.05, 0) is 67.9 Å². The highest BCUT2D eigenvalue weighted by atomic mass is 16.3. The molecular formula is C32H38N2O6. The van der Waals surface area contributed by atoms with Gasteiger partial charge in [0.15, 0.2) is 11.6 Å². The van der Waals surface area contributed by atoms with E-state index in [0.29, 0.717) is 18.4 Å². The first kappa shape index (κ1) is 28.2. The zero-order chi connectivity index (χ0) is 29.0. The van der Waals surface area contributed by atoms with E-state index in [4.69, 9.17) is 0 Å². The number of nitrogens with one attached hydrogen (secondary N) is 2. The molecule has 1 saturated heterocycles. The summed E-state index contributed by atoms with van der Waals surface area (Å²) in [6.45, 7) is 6.91. The number of benzene rings is 1. The number of hydrogen-bond donors (Lipinski definition) is 5.